The number of carbonyl (C=O) groups excluding carboxylic acids is 1. The standard InChI is InChI=1S/C27H27NO3/c29-25(22-10-11-26-27(18-22)31-17-16-30-26)13-15-28-14-12-21-8-4-5-9-23(21)24(19-28)20-6-2-1-3-7-20/h1-11,18,24H,12-17,19H2/t24-/m0/s1. The third kappa shape index (κ3) is 4.35. The highest BCUT2D eigenvalue weighted by Crippen LogP contribution is 2.32. The normalized spacial score (nSPS) is 18.1. The van der Waals surface area contributed by atoms with E-state index in [-0.39, 0.29) is 5.78 Å². The van der Waals surface area contributed by atoms with Gasteiger partial charge in [-0.1, -0.05) is 54.6 Å². The van der Waals surface area contributed by atoms with E-state index in [1.165, 1.54) is 16.7 Å². The molecule has 0 unspecified atom stereocenters. The summed E-state index contributed by atoms with van der Waals surface area (Å²) < 4.78 is 11.2. The van der Waals surface area contributed by atoms with E-state index >= 15 is 0 Å². The van der Waals surface area contributed by atoms with Crippen LogP contribution in [-0.4, -0.2) is 43.5 Å². The van der Waals surface area contributed by atoms with E-state index in [1.807, 2.05) is 18.2 Å². The van der Waals surface area contributed by atoms with Gasteiger partial charge >= 0.3 is 0 Å². The first kappa shape index (κ1) is 19.8. The molecule has 1 atom stereocenters. The molecule has 0 saturated heterocycles. The lowest BCUT2D eigenvalue weighted by molar-refractivity contribution is 0.0963. The Kier molecular flexibility index (Phi) is 5.72. The Labute approximate surface area is 183 Å². The second-order valence-electron chi connectivity index (χ2n) is 8.24. The first-order chi connectivity index (χ1) is 15.3. The van der Waals surface area contributed by atoms with Crippen LogP contribution in [0.4, 0.5) is 0 Å². The molecule has 0 saturated carbocycles. The van der Waals surface area contributed by atoms with Crippen LogP contribution in [0, 0.1) is 0 Å². The summed E-state index contributed by atoms with van der Waals surface area (Å²) >= 11 is 0. The third-order valence-electron chi connectivity index (χ3n) is 6.29. The molecule has 5 rings (SSSR count). The van der Waals surface area contributed by atoms with E-state index < -0.39 is 0 Å². The van der Waals surface area contributed by atoms with E-state index in [0.717, 1.165) is 31.8 Å². The molecule has 0 amide bonds. The third-order valence-corrected chi connectivity index (χ3v) is 6.29. The minimum atomic E-state index is 0.148. The number of hydrogen-bond donors (Lipinski definition) is 0. The zero-order chi connectivity index (χ0) is 21.0. The van der Waals surface area contributed by atoms with Gasteiger partial charge in [0.2, 0.25) is 0 Å². The Hall–Kier alpha value is -3.11. The molecule has 3 aromatic rings. The van der Waals surface area contributed by atoms with Crippen LogP contribution in [0.15, 0.2) is 72.8 Å². The van der Waals surface area contributed by atoms with Crippen LogP contribution < -0.4 is 9.47 Å². The summed E-state index contributed by atoms with van der Waals surface area (Å²) in [6, 6.07) is 25.0. The van der Waals surface area contributed by atoms with Gasteiger partial charge in [0, 0.05) is 37.5 Å². The molecule has 158 valence electrons. The van der Waals surface area contributed by atoms with Crippen molar-refractivity contribution >= 4 is 5.78 Å². The Morgan fingerprint density at radius 2 is 1.68 bits per heavy atom. The number of carbonyl (C=O) groups is 1. The highest BCUT2D eigenvalue weighted by molar-refractivity contribution is 5.96. The van der Waals surface area contributed by atoms with Crippen molar-refractivity contribution in [1.82, 2.24) is 4.90 Å². The molecule has 2 aliphatic heterocycles. The highest BCUT2D eigenvalue weighted by Gasteiger charge is 2.24. The molecule has 0 spiro atoms. The average molecular weight is 414 g/mol. The second-order valence-corrected chi connectivity index (χ2v) is 8.24. The lowest BCUT2D eigenvalue weighted by Crippen LogP contribution is -2.31. The zero-order valence-electron chi connectivity index (χ0n) is 17.6. The van der Waals surface area contributed by atoms with Crippen molar-refractivity contribution in [2.75, 3.05) is 32.8 Å². The summed E-state index contributed by atoms with van der Waals surface area (Å²) in [6.07, 6.45) is 1.51. The van der Waals surface area contributed by atoms with Crippen molar-refractivity contribution in [3.8, 4) is 11.5 Å². The van der Waals surface area contributed by atoms with E-state index in [4.69, 9.17) is 9.47 Å². The first-order valence-corrected chi connectivity index (χ1v) is 11.1. The number of hydrogen-bond acceptors (Lipinski definition) is 4. The molecule has 0 radical (unpaired) electrons. The molecule has 0 fully saturated rings. The molecular formula is C27H27NO3. The molecule has 0 N–H and O–H groups in total. The summed E-state index contributed by atoms with van der Waals surface area (Å²) in [5, 5.41) is 0. The van der Waals surface area contributed by atoms with Crippen LogP contribution in [0.1, 0.15) is 39.4 Å². The van der Waals surface area contributed by atoms with Gasteiger partial charge in [0.15, 0.2) is 17.3 Å². The average Bonchev–Trinajstić information content (AvgIpc) is 3.02. The summed E-state index contributed by atoms with van der Waals surface area (Å²) in [6.45, 7) is 3.73. The molecule has 0 aliphatic carbocycles. The van der Waals surface area contributed by atoms with Gasteiger partial charge in [0.05, 0.1) is 0 Å². The zero-order valence-corrected chi connectivity index (χ0v) is 17.6. The summed E-state index contributed by atoms with van der Waals surface area (Å²) in [4.78, 5) is 15.3. The lowest BCUT2D eigenvalue weighted by atomic mass is 9.88. The van der Waals surface area contributed by atoms with Gasteiger partial charge in [-0.2, -0.15) is 0 Å². The van der Waals surface area contributed by atoms with Crippen LogP contribution in [0.5, 0.6) is 11.5 Å². The Balaban J connectivity index is 1.30. The molecule has 0 aromatic heterocycles. The smallest absolute Gasteiger partial charge is 0.164 e. The van der Waals surface area contributed by atoms with Crippen molar-refractivity contribution in [1.29, 1.82) is 0 Å². The van der Waals surface area contributed by atoms with Crippen molar-refractivity contribution in [3.63, 3.8) is 0 Å². The topological polar surface area (TPSA) is 38.8 Å². The maximum Gasteiger partial charge on any atom is 0.164 e. The van der Waals surface area contributed by atoms with Crippen LogP contribution in [0.25, 0.3) is 0 Å². The first-order valence-electron chi connectivity index (χ1n) is 11.1. The molecule has 0 bridgehead atoms. The van der Waals surface area contributed by atoms with Gasteiger partial charge in [0.25, 0.3) is 0 Å². The second kappa shape index (κ2) is 8.94. The molecule has 3 aromatic carbocycles. The SMILES string of the molecule is O=C(CCN1CCc2ccccc2[C@H](c2ccccc2)C1)c1ccc2c(c1)OCCO2. The number of ether oxygens (including phenoxy) is 2. The van der Waals surface area contributed by atoms with Gasteiger partial charge in [0.1, 0.15) is 13.2 Å². The van der Waals surface area contributed by atoms with Crippen molar-refractivity contribution in [3.05, 3.63) is 95.1 Å². The molecule has 2 aliphatic rings. The maximum atomic E-state index is 12.9. The molecule has 31 heavy (non-hydrogen) atoms. The van der Waals surface area contributed by atoms with E-state index in [2.05, 4.69) is 59.5 Å². The minimum Gasteiger partial charge on any atom is -0.486 e. The number of nitrogens with zero attached hydrogens (tertiary/aromatic N) is 1. The van der Waals surface area contributed by atoms with Crippen molar-refractivity contribution in [2.24, 2.45) is 0 Å². The van der Waals surface area contributed by atoms with E-state index in [1.54, 1.807) is 0 Å². The molecule has 4 heteroatoms. The van der Waals surface area contributed by atoms with Gasteiger partial charge < -0.3 is 14.4 Å². The van der Waals surface area contributed by atoms with Crippen LogP contribution in [-0.2, 0) is 6.42 Å². The largest absolute Gasteiger partial charge is 0.486 e. The molecular weight excluding hydrogens is 386 g/mol. The van der Waals surface area contributed by atoms with Crippen LogP contribution in [0.2, 0.25) is 0 Å². The highest BCUT2D eigenvalue weighted by atomic mass is 16.6. The van der Waals surface area contributed by atoms with Gasteiger partial charge in [-0.05, 0) is 41.3 Å². The predicted octanol–water partition coefficient (Wildman–Crippen LogP) is 4.72. The fraction of sp³-hybridized carbons (Fsp3) is 0.296. The Morgan fingerprint density at radius 1 is 0.903 bits per heavy atom. The number of fused-ring (bicyclic) bond motifs is 2. The molecule has 2 heterocycles. The van der Waals surface area contributed by atoms with E-state index in [0.29, 0.717) is 36.9 Å². The predicted molar refractivity (Wildman–Crippen MR) is 121 cm³/mol. The Morgan fingerprint density at radius 3 is 2.55 bits per heavy atom. The summed E-state index contributed by atoms with van der Waals surface area (Å²) in [7, 11) is 0. The van der Waals surface area contributed by atoms with Gasteiger partial charge in [-0.15, -0.1) is 0 Å². The Bertz CT molecular complexity index is 1060. The number of Topliss-reactive ketones (excluding diaryl/α,β-unsaturated/α-hetero) is 1. The number of rotatable bonds is 5. The van der Waals surface area contributed by atoms with Crippen LogP contribution >= 0.6 is 0 Å². The fourth-order valence-corrected chi connectivity index (χ4v) is 4.62. The summed E-state index contributed by atoms with van der Waals surface area (Å²) in [5.74, 6) is 1.87. The quantitative estimate of drug-likeness (QED) is 0.568. The van der Waals surface area contributed by atoms with Gasteiger partial charge in [-0.3, -0.25) is 4.79 Å². The molecule has 4 nitrogen and oxygen atoms in total. The number of benzene rings is 3. The van der Waals surface area contributed by atoms with Crippen molar-refractivity contribution < 1.29 is 14.3 Å². The number of ketones is 1. The monoisotopic (exact) mass is 413 g/mol. The van der Waals surface area contributed by atoms with Crippen molar-refractivity contribution in [2.45, 2.75) is 18.8 Å². The summed E-state index contributed by atoms with van der Waals surface area (Å²) in [5.41, 5.74) is 4.85. The minimum absolute atomic E-state index is 0.148. The van der Waals surface area contributed by atoms with E-state index in [9.17, 15) is 4.79 Å². The van der Waals surface area contributed by atoms with Gasteiger partial charge in [-0.25, -0.2) is 0 Å². The lowest BCUT2D eigenvalue weighted by Gasteiger charge is -2.25. The maximum absolute atomic E-state index is 12.9. The van der Waals surface area contributed by atoms with Crippen LogP contribution in [0.3, 0.4) is 0 Å². The fourth-order valence-electron chi connectivity index (χ4n) is 4.62.